The maximum absolute atomic E-state index is 14.3. The van der Waals surface area contributed by atoms with Gasteiger partial charge in [-0.15, -0.1) is 0 Å². The number of amides is 1. The van der Waals surface area contributed by atoms with Gasteiger partial charge in [0.1, 0.15) is 5.75 Å². The van der Waals surface area contributed by atoms with Crippen molar-refractivity contribution >= 4 is 23.3 Å². The van der Waals surface area contributed by atoms with Gasteiger partial charge in [-0.1, -0.05) is 12.1 Å². The van der Waals surface area contributed by atoms with E-state index in [1.165, 1.54) is 56.3 Å². The molecule has 0 aliphatic rings. The van der Waals surface area contributed by atoms with Crippen LogP contribution in [-0.2, 0) is 9.53 Å². The minimum absolute atomic E-state index is 0.0539. The summed E-state index contributed by atoms with van der Waals surface area (Å²) in [5, 5.41) is 3.81. The third kappa shape index (κ3) is 5.37. The summed E-state index contributed by atoms with van der Waals surface area (Å²) in [7, 11) is 0. The van der Waals surface area contributed by atoms with Crippen molar-refractivity contribution in [2.24, 2.45) is 0 Å². The normalized spacial score (nSPS) is 12.9. The van der Waals surface area contributed by atoms with Gasteiger partial charge in [-0.25, -0.2) is 4.79 Å². The Hall–Kier alpha value is -3.56. The number of nitrogens with one attached hydrogen (secondary N) is 2. The Morgan fingerprint density at radius 2 is 1.56 bits per heavy atom. The van der Waals surface area contributed by atoms with Crippen LogP contribution in [0.1, 0.15) is 41.5 Å². The standard InChI is InChI=1S/C22H23F3N2O5/c1-4-31-18-9-7-6-8-17(18)19(29)27-21(22(23,24)25,20(30)32-5-2)26-16-12-10-15(11-13-16)14(3)28/h6-13,26H,4-5H2,1-3H3,(H,27,29). The van der Waals surface area contributed by atoms with E-state index in [2.05, 4.69) is 10.1 Å². The van der Waals surface area contributed by atoms with Crippen molar-refractivity contribution in [3.8, 4) is 5.75 Å². The lowest BCUT2D eigenvalue weighted by Crippen LogP contribution is -2.69. The molecule has 0 saturated carbocycles. The Balaban J connectivity index is 2.53. The molecule has 2 rings (SSSR count). The van der Waals surface area contributed by atoms with Gasteiger partial charge in [-0.3, -0.25) is 9.59 Å². The highest BCUT2D eigenvalue weighted by molar-refractivity contribution is 6.01. The van der Waals surface area contributed by atoms with Crippen molar-refractivity contribution in [1.29, 1.82) is 0 Å². The Kier molecular flexibility index (Phi) is 7.85. The summed E-state index contributed by atoms with van der Waals surface area (Å²) in [6.07, 6.45) is -5.30. The topological polar surface area (TPSA) is 93.7 Å². The summed E-state index contributed by atoms with van der Waals surface area (Å²) in [6, 6.07) is 10.7. The van der Waals surface area contributed by atoms with E-state index in [-0.39, 0.29) is 41.6 Å². The molecule has 0 bridgehead atoms. The third-order valence-electron chi connectivity index (χ3n) is 4.36. The van der Waals surface area contributed by atoms with Gasteiger partial charge in [-0.2, -0.15) is 13.2 Å². The molecule has 7 nitrogen and oxygen atoms in total. The number of hydrogen-bond donors (Lipinski definition) is 2. The second kappa shape index (κ2) is 10.2. The fourth-order valence-corrected chi connectivity index (χ4v) is 2.81. The van der Waals surface area contributed by atoms with Gasteiger partial charge < -0.3 is 20.1 Å². The number of para-hydroxylation sites is 1. The molecule has 0 radical (unpaired) electrons. The van der Waals surface area contributed by atoms with Crippen molar-refractivity contribution in [2.75, 3.05) is 18.5 Å². The minimum Gasteiger partial charge on any atom is -0.493 e. The predicted octanol–water partition coefficient (Wildman–Crippen LogP) is 3.95. The molecule has 1 amide bonds. The summed E-state index contributed by atoms with van der Waals surface area (Å²) in [6.45, 7) is 4.12. The van der Waals surface area contributed by atoms with E-state index in [9.17, 15) is 27.6 Å². The van der Waals surface area contributed by atoms with Crippen LogP contribution in [0.3, 0.4) is 0 Å². The van der Waals surface area contributed by atoms with Crippen LogP contribution in [0.15, 0.2) is 48.5 Å². The van der Waals surface area contributed by atoms with E-state index in [0.717, 1.165) is 0 Å². The lowest BCUT2D eigenvalue weighted by atomic mass is 10.1. The fourth-order valence-electron chi connectivity index (χ4n) is 2.81. The molecule has 10 heteroatoms. The first-order chi connectivity index (χ1) is 15.1. The molecule has 1 unspecified atom stereocenters. The zero-order valence-corrected chi connectivity index (χ0v) is 17.7. The Bertz CT molecular complexity index is 976. The highest BCUT2D eigenvalue weighted by Gasteiger charge is 2.63. The van der Waals surface area contributed by atoms with E-state index in [4.69, 9.17) is 4.74 Å². The summed E-state index contributed by atoms with van der Waals surface area (Å²) >= 11 is 0. The maximum atomic E-state index is 14.3. The number of benzene rings is 2. The van der Waals surface area contributed by atoms with Crippen LogP contribution in [0.25, 0.3) is 0 Å². The predicted molar refractivity (Wildman–Crippen MR) is 111 cm³/mol. The Morgan fingerprint density at radius 1 is 0.938 bits per heavy atom. The molecular weight excluding hydrogens is 429 g/mol. The van der Waals surface area contributed by atoms with Crippen LogP contribution in [0.2, 0.25) is 0 Å². The van der Waals surface area contributed by atoms with Crippen LogP contribution < -0.4 is 15.4 Å². The Morgan fingerprint density at radius 3 is 2.09 bits per heavy atom. The average molecular weight is 452 g/mol. The van der Waals surface area contributed by atoms with Crippen molar-refractivity contribution in [1.82, 2.24) is 5.32 Å². The highest BCUT2D eigenvalue weighted by atomic mass is 19.4. The molecule has 0 fully saturated rings. The molecule has 0 aliphatic carbocycles. The molecule has 2 aromatic carbocycles. The molecule has 2 aromatic rings. The number of esters is 1. The lowest BCUT2D eigenvalue weighted by molar-refractivity contribution is -0.204. The second-order valence-electron chi connectivity index (χ2n) is 6.61. The SMILES string of the molecule is CCOC(=O)C(NC(=O)c1ccccc1OCC)(Nc1ccc(C(C)=O)cc1)C(F)(F)F. The number of halogens is 3. The molecule has 1 atom stereocenters. The van der Waals surface area contributed by atoms with E-state index in [1.807, 2.05) is 0 Å². The summed E-state index contributed by atoms with van der Waals surface area (Å²) < 4.78 is 52.9. The first kappa shape index (κ1) is 24.7. The zero-order chi connectivity index (χ0) is 23.9. The summed E-state index contributed by atoms with van der Waals surface area (Å²) in [5.74, 6) is -3.18. The number of anilines is 1. The number of carbonyl (C=O) groups excluding carboxylic acids is 3. The van der Waals surface area contributed by atoms with Crippen molar-refractivity contribution in [2.45, 2.75) is 32.6 Å². The fraction of sp³-hybridized carbons (Fsp3) is 0.318. The van der Waals surface area contributed by atoms with Crippen molar-refractivity contribution in [3.05, 3.63) is 59.7 Å². The van der Waals surface area contributed by atoms with E-state index < -0.39 is 23.7 Å². The van der Waals surface area contributed by atoms with Crippen LogP contribution in [0.5, 0.6) is 5.75 Å². The molecule has 2 N–H and O–H groups in total. The maximum Gasteiger partial charge on any atom is 0.441 e. The number of rotatable bonds is 9. The quantitative estimate of drug-likeness (QED) is 0.340. The largest absolute Gasteiger partial charge is 0.493 e. The number of ketones is 1. The number of carbonyl (C=O) groups is 3. The first-order valence-electron chi connectivity index (χ1n) is 9.73. The van der Waals surface area contributed by atoms with Gasteiger partial charge in [-0.05, 0) is 57.2 Å². The Labute approximate surface area is 182 Å². The van der Waals surface area contributed by atoms with Gasteiger partial charge >= 0.3 is 17.8 Å². The molecule has 0 saturated heterocycles. The summed E-state index contributed by atoms with van der Waals surface area (Å²) in [4.78, 5) is 36.9. The molecule has 0 heterocycles. The van der Waals surface area contributed by atoms with Gasteiger partial charge in [0, 0.05) is 11.3 Å². The van der Waals surface area contributed by atoms with Gasteiger partial charge in [0.05, 0.1) is 18.8 Å². The number of ether oxygens (including phenoxy) is 2. The molecule has 0 spiro atoms. The molecule has 0 aromatic heterocycles. The first-order valence-corrected chi connectivity index (χ1v) is 9.73. The van der Waals surface area contributed by atoms with E-state index in [1.54, 1.807) is 18.3 Å². The van der Waals surface area contributed by atoms with Crippen molar-refractivity contribution in [3.63, 3.8) is 0 Å². The zero-order valence-electron chi connectivity index (χ0n) is 17.7. The van der Waals surface area contributed by atoms with Gasteiger partial charge in [0.25, 0.3) is 5.91 Å². The van der Waals surface area contributed by atoms with E-state index in [0.29, 0.717) is 0 Å². The van der Waals surface area contributed by atoms with E-state index >= 15 is 0 Å². The van der Waals surface area contributed by atoms with Crippen LogP contribution in [0, 0.1) is 0 Å². The van der Waals surface area contributed by atoms with Crippen LogP contribution in [-0.4, -0.2) is 42.7 Å². The molecule has 172 valence electrons. The molecular formula is C22H23F3N2O5. The van der Waals surface area contributed by atoms with Gasteiger partial charge in [0.15, 0.2) is 5.78 Å². The van der Waals surface area contributed by atoms with Crippen LogP contribution in [0.4, 0.5) is 18.9 Å². The monoisotopic (exact) mass is 452 g/mol. The van der Waals surface area contributed by atoms with Gasteiger partial charge in [0.2, 0.25) is 0 Å². The molecule has 32 heavy (non-hydrogen) atoms. The highest BCUT2D eigenvalue weighted by Crippen LogP contribution is 2.34. The smallest absolute Gasteiger partial charge is 0.441 e. The van der Waals surface area contributed by atoms with Crippen molar-refractivity contribution < 1.29 is 37.0 Å². The minimum atomic E-state index is -5.30. The summed E-state index contributed by atoms with van der Waals surface area (Å²) in [5.41, 5.74) is -3.70. The second-order valence-corrected chi connectivity index (χ2v) is 6.61. The lowest BCUT2D eigenvalue weighted by Gasteiger charge is -2.35. The number of Topliss-reactive ketones (excluding diaryl/α,β-unsaturated/α-hetero) is 1. The third-order valence-corrected chi connectivity index (χ3v) is 4.36. The number of hydrogen-bond acceptors (Lipinski definition) is 6. The molecule has 0 aliphatic heterocycles. The van der Waals surface area contributed by atoms with Crippen LogP contribution >= 0.6 is 0 Å². The average Bonchev–Trinajstić information content (AvgIpc) is 2.73. The number of alkyl halides is 3.